The highest BCUT2D eigenvalue weighted by molar-refractivity contribution is 6.24. The first-order chi connectivity index (χ1) is 30.2. The average Bonchev–Trinajstić information content (AvgIpc) is 3.99. The Morgan fingerprint density at radius 3 is 1.92 bits per heavy atom. The molecule has 0 atom stereocenters. The van der Waals surface area contributed by atoms with Gasteiger partial charge in [-0.25, -0.2) is 9.97 Å². The van der Waals surface area contributed by atoms with Crippen molar-refractivity contribution in [2.75, 3.05) is 0 Å². The van der Waals surface area contributed by atoms with Crippen LogP contribution in [0.25, 0.3) is 117 Å². The first-order valence-electron chi connectivity index (χ1n) is 21.0. The van der Waals surface area contributed by atoms with Gasteiger partial charge in [0.05, 0.1) is 33.1 Å². The van der Waals surface area contributed by atoms with Gasteiger partial charge in [0.1, 0.15) is 11.2 Å². The zero-order valence-corrected chi connectivity index (χ0v) is 33.1. The van der Waals surface area contributed by atoms with E-state index in [0.717, 1.165) is 84.3 Å². The largest absolute Gasteiger partial charge is 0.455 e. The maximum atomic E-state index is 6.78. The van der Waals surface area contributed by atoms with E-state index in [4.69, 9.17) is 14.4 Å². The summed E-state index contributed by atoms with van der Waals surface area (Å²) in [4.78, 5) is 10.7. The Balaban J connectivity index is 1.04. The van der Waals surface area contributed by atoms with Crippen molar-refractivity contribution < 1.29 is 4.42 Å². The Hall–Kier alpha value is -8.02. The third-order valence-corrected chi connectivity index (χ3v) is 12.6. The Morgan fingerprint density at radius 1 is 0.459 bits per heavy atom. The first kappa shape index (κ1) is 33.9. The van der Waals surface area contributed by atoms with Gasteiger partial charge in [0.2, 0.25) is 5.95 Å². The lowest BCUT2D eigenvalue weighted by atomic mass is 9.97. The van der Waals surface area contributed by atoms with E-state index in [1.165, 1.54) is 44.5 Å². The summed E-state index contributed by atoms with van der Waals surface area (Å²) < 4.78 is 11.4. The van der Waals surface area contributed by atoms with Gasteiger partial charge in [-0.05, 0) is 107 Å². The highest BCUT2D eigenvalue weighted by Crippen LogP contribution is 2.43. The third kappa shape index (κ3) is 5.20. The Kier molecular flexibility index (Phi) is 7.36. The van der Waals surface area contributed by atoms with Gasteiger partial charge in [-0.2, -0.15) is 0 Å². The van der Waals surface area contributed by atoms with Crippen LogP contribution in [0.2, 0.25) is 0 Å². The molecule has 4 aromatic heterocycles. The van der Waals surface area contributed by atoms with E-state index in [1.807, 2.05) is 6.07 Å². The van der Waals surface area contributed by atoms with Crippen molar-refractivity contribution in [3.05, 3.63) is 199 Å². The van der Waals surface area contributed by atoms with Crippen LogP contribution in [-0.2, 0) is 6.42 Å². The molecule has 0 radical (unpaired) electrons. The van der Waals surface area contributed by atoms with E-state index in [1.54, 1.807) is 0 Å². The molecule has 5 nitrogen and oxygen atoms in total. The molecular weight excluding hydrogens is 745 g/mol. The van der Waals surface area contributed by atoms with E-state index >= 15 is 0 Å². The molecule has 1 aliphatic carbocycles. The molecule has 4 heterocycles. The summed E-state index contributed by atoms with van der Waals surface area (Å²) in [6.07, 6.45) is 6.66. The molecule has 1 aliphatic rings. The number of aryl methyl sites for hydroxylation is 1. The fourth-order valence-electron chi connectivity index (χ4n) is 9.79. The molecule has 0 saturated carbocycles. The minimum Gasteiger partial charge on any atom is -0.455 e. The molecule has 0 spiro atoms. The molecule has 286 valence electrons. The summed E-state index contributed by atoms with van der Waals surface area (Å²) >= 11 is 0. The smallest absolute Gasteiger partial charge is 0.235 e. The van der Waals surface area contributed by atoms with Gasteiger partial charge in [-0.3, -0.25) is 4.57 Å². The summed E-state index contributed by atoms with van der Waals surface area (Å²) in [5.41, 5.74) is 16.3. The molecule has 8 aromatic carbocycles. The molecular formula is C56H36N4O. The molecule has 0 aliphatic heterocycles. The molecule has 0 N–H and O–H groups in total. The summed E-state index contributed by atoms with van der Waals surface area (Å²) in [5, 5.41) is 6.65. The maximum Gasteiger partial charge on any atom is 0.235 e. The van der Waals surface area contributed by atoms with Crippen molar-refractivity contribution >= 4 is 71.6 Å². The molecule has 5 heteroatoms. The van der Waals surface area contributed by atoms with Crippen molar-refractivity contribution in [1.29, 1.82) is 0 Å². The molecule has 12 aromatic rings. The number of para-hydroxylation sites is 3. The summed E-state index contributed by atoms with van der Waals surface area (Å²) in [5.74, 6) is 0.618. The highest BCUT2D eigenvalue weighted by atomic mass is 16.3. The van der Waals surface area contributed by atoms with Crippen molar-refractivity contribution in [1.82, 2.24) is 19.1 Å². The van der Waals surface area contributed by atoms with Crippen molar-refractivity contribution in [3.63, 3.8) is 0 Å². The van der Waals surface area contributed by atoms with Crippen LogP contribution < -0.4 is 0 Å². The normalized spacial score (nSPS) is 12.7. The monoisotopic (exact) mass is 780 g/mol. The molecule has 0 saturated heterocycles. The number of fused-ring (bicyclic) bond motifs is 11. The van der Waals surface area contributed by atoms with E-state index < -0.39 is 0 Å². The van der Waals surface area contributed by atoms with Gasteiger partial charge in [0, 0.05) is 43.9 Å². The SMILES string of the molecule is C1=Cc2c(c3cc(-c4ccc5c(c4)c4c6oc7ccccc7c6ccc4n5-c4nc(-c5ccc(-c6ccccc6)cc5)c5ccccc5n4)ccc3n2-c2ccccc2)CC1. The van der Waals surface area contributed by atoms with Crippen LogP contribution in [0.1, 0.15) is 17.7 Å². The number of rotatable bonds is 5. The van der Waals surface area contributed by atoms with Crippen LogP contribution in [0, 0.1) is 0 Å². The molecule has 0 fully saturated rings. The predicted molar refractivity (Wildman–Crippen MR) is 252 cm³/mol. The fraction of sp³-hybridized carbons (Fsp3) is 0.0357. The number of allylic oxidation sites excluding steroid dienone is 1. The quantitative estimate of drug-likeness (QED) is 0.175. The third-order valence-electron chi connectivity index (χ3n) is 12.6. The summed E-state index contributed by atoms with van der Waals surface area (Å²) in [6, 6.07) is 64.7. The molecule has 61 heavy (non-hydrogen) atoms. The fourth-order valence-corrected chi connectivity index (χ4v) is 9.79. The standard InChI is InChI=1S/C56H36N4O/c1-3-13-35(14-4-1)36-23-25-37(26-24-36)54-44-19-7-10-20-47(44)57-56(58-54)60-50-31-28-39(34-46(50)53-51(60)32-29-43-42-18-9-12-22-52(42)61-55(43)53)38-27-30-49-45(33-38)41-17-8-11-21-48(41)59(49)40-15-5-2-6-16-40/h1-7,9-16,18-34H,8,17H2. The van der Waals surface area contributed by atoms with E-state index in [2.05, 4.69) is 197 Å². The van der Waals surface area contributed by atoms with Crippen LogP contribution in [0.4, 0.5) is 0 Å². The topological polar surface area (TPSA) is 48.8 Å². The first-order valence-corrected chi connectivity index (χ1v) is 21.0. The number of hydrogen-bond donors (Lipinski definition) is 0. The Morgan fingerprint density at radius 2 is 1.10 bits per heavy atom. The van der Waals surface area contributed by atoms with E-state index in [0.29, 0.717) is 5.95 Å². The van der Waals surface area contributed by atoms with Gasteiger partial charge in [0.25, 0.3) is 0 Å². The van der Waals surface area contributed by atoms with Crippen molar-refractivity contribution in [3.8, 4) is 45.1 Å². The van der Waals surface area contributed by atoms with Gasteiger partial charge < -0.3 is 8.98 Å². The predicted octanol–water partition coefficient (Wildman–Crippen LogP) is 14.5. The van der Waals surface area contributed by atoms with Gasteiger partial charge in [0.15, 0.2) is 0 Å². The van der Waals surface area contributed by atoms with Crippen molar-refractivity contribution in [2.45, 2.75) is 12.8 Å². The lowest BCUT2D eigenvalue weighted by molar-refractivity contribution is 0.673. The van der Waals surface area contributed by atoms with Gasteiger partial charge in [-0.15, -0.1) is 0 Å². The number of nitrogens with zero attached hydrogens (tertiary/aromatic N) is 4. The number of aromatic nitrogens is 4. The van der Waals surface area contributed by atoms with Crippen LogP contribution in [0.15, 0.2) is 192 Å². The van der Waals surface area contributed by atoms with Gasteiger partial charge in [-0.1, -0.05) is 127 Å². The summed E-state index contributed by atoms with van der Waals surface area (Å²) in [6.45, 7) is 0. The van der Waals surface area contributed by atoms with Crippen LogP contribution >= 0.6 is 0 Å². The van der Waals surface area contributed by atoms with Crippen LogP contribution in [0.3, 0.4) is 0 Å². The number of benzene rings is 8. The van der Waals surface area contributed by atoms with Crippen LogP contribution in [-0.4, -0.2) is 19.1 Å². The second kappa shape index (κ2) is 13.2. The minimum atomic E-state index is 0.618. The highest BCUT2D eigenvalue weighted by Gasteiger charge is 2.23. The zero-order chi connectivity index (χ0) is 40.0. The number of hydrogen-bond acceptors (Lipinski definition) is 3. The maximum absolute atomic E-state index is 6.78. The second-order valence-electron chi connectivity index (χ2n) is 16.0. The van der Waals surface area contributed by atoms with E-state index in [-0.39, 0.29) is 0 Å². The van der Waals surface area contributed by atoms with Crippen LogP contribution in [0.5, 0.6) is 0 Å². The van der Waals surface area contributed by atoms with E-state index in [9.17, 15) is 0 Å². The number of furan rings is 1. The zero-order valence-electron chi connectivity index (χ0n) is 33.1. The molecule has 0 bridgehead atoms. The second-order valence-corrected chi connectivity index (χ2v) is 16.0. The summed E-state index contributed by atoms with van der Waals surface area (Å²) in [7, 11) is 0. The molecule has 0 unspecified atom stereocenters. The Labute approximate surface area is 351 Å². The average molecular weight is 781 g/mol. The lowest BCUT2D eigenvalue weighted by Gasteiger charge is -2.12. The molecule has 13 rings (SSSR count). The molecule has 0 amide bonds. The lowest BCUT2D eigenvalue weighted by Crippen LogP contribution is -2.03. The minimum absolute atomic E-state index is 0.618. The Bertz CT molecular complexity index is 3740. The van der Waals surface area contributed by atoms with Crippen molar-refractivity contribution in [2.24, 2.45) is 0 Å². The van der Waals surface area contributed by atoms with Gasteiger partial charge >= 0.3 is 0 Å².